The summed E-state index contributed by atoms with van der Waals surface area (Å²) in [5.74, 6) is 0.906. The summed E-state index contributed by atoms with van der Waals surface area (Å²) in [7, 11) is 3.75. The van der Waals surface area contributed by atoms with Gasteiger partial charge in [-0.1, -0.05) is 0 Å². The summed E-state index contributed by atoms with van der Waals surface area (Å²) in [6.07, 6.45) is 0. The smallest absolute Gasteiger partial charge is 0.119 e. The van der Waals surface area contributed by atoms with Crippen LogP contribution in [0.1, 0.15) is 6.92 Å². The van der Waals surface area contributed by atoms with E-state index in [1.165, 1.54) is 5.69 Å². The van der Waals surface area contributed by atoms with E-state index in [-0.39, 0.29) is 0 Å². The number of anilines is 1. The average molecular weight is 165 g/mol. The molecule has 2 heteroatoms. The molecule has 2 nitrogen and oxygen atoms in total. The monoisotopic (exact) mass is 165 g/mol. The molecule has 0 aromatic heterocycles. The summed E-state index contributed by atoms with van der Waals surface area (Å²) in [5.41, 5.74) is 1.22. The topological polar surface area (TPSA) is 12.5 Å². The van der Waals surface area contributed by atoms with Crippen LogP contribution >= 0.6 is 0 Å². The summed E-state index contributed by atoms with van der Waals surface area (Å²) in [6, 6.07) is 8.06. The molecule has 1 aromatic rings. The molecule has 0 atom stereocenters. The van der Waals surface area contributed by atoms with E-state index in [0.29, 0.717) is 0 Å². The first-order chi connectivity index (χ1) is 5.77. The third-order valence-corrected chi connectivity index (χ3v) is 1.99. The third kappa shape index (κ3) is 1.91. The quantitative estimate of drug-likeness (QED) is 0.680. The van der Waals surface area contributed by atoms with E-state index in [0.717, 1.165) is 12.3 Å². The number of rotatable bonds is 3. The molecule has 1 rings (SSSR count). The van der Waals surface area contributed by atoms with Crippen LogP contribution in [0, 0.1) is 0 Å². The molecule has 12 heavy (non-hydrogen) atoms. The van der Waals surface area contributed by atoms with Crippen LogP contribution in [0.25, 0.3) is 0 Å². The van der Waals surface area contributed by atoms with Crippen molar-refractivity contribution in [3.05, 3.63) is 24.3 Å². The van der Waals surface area contributed by atoms with E-state index >= 15 is 0 Å². The number of methoxy groups -OCH3 is 1. The number of hydrogen-bond acceptors (Lipinski definition) is 2. The number of benzene rings is 1. The molecule has 0 spiro atoms. The fourth-order valence-electron chi connectivity index (χ4n) is 1.02. The zero-order valence-corrected chi connectivity index (χ0v) is 7.87. The lowest BCUT2D eigenvalue weighted by Crippen LogP contribution is -2.15. The molecule has 0 aliphatic heterocycles. The molecule has 0 amide bonds. The van der Waals surface area contributed by atoms with Gasteiger partial charge in [0.15, 0.2) is 0 Å². The van der Waals surface area contributed by atoms with E-state index in [9.17, 15) is 0 Å². The Morgan fingerprint density at radius 2 is 1.83 bits per heavy atom. The van der Waals surface area contributed by atoms with Crippen molar-refractivity contribution >= 4 is 5.69 Å². The zero-order chi connectivity index (χ0) is 8.97. The van der Waals surface area contributed by atoms with Crippen molar-refractivity contribution in [2.75, 3.05) is 25.6 Å². The molecule has 0 aliphatic carbocycles. The van der Waals surface area contributed by atoms with Crippen molar-refractivity contribution in [2.45, 2.75) is 6.92 Å². The van der Waals surface area contributed by atoms with Crippen LogP contribution in [-0.4, -0.2) is 20.7 Å². The Labute approximate surface area is 73.8 Å². The van der Waals surface area contributed by atoms with Gasteiger partial charge in [0.25, 0.3) is 0 Å². The van der Waals surface area contributed by atoms with E-state index in [1.807, 2.05) is 12.1 Å². The minimum Gasteiger partial charge on any atom is -0.497 e. The summed E-state index contributed by atoms with van der Waals surface area (Å²) < 4.78 is 5.06. The predicted molar refractivity (Wildman–Crippen MR) is 51.9 cm³/mol. The first kappa shape index (κ1) is 8.91. The Morgan fingerprint density at radius 3 is 2.25 bits per heavy atom. The zero-order valence-electron chi connectivity index (χ0n) is 7.87. The molecule has 0 unspecified atom stereocenters. The summed E-state index contributed by atoms with van der Waals surface area (Å²) in [4.78, 5) is 2.18. The lowest BCUT2D eigenvalue weighted by Gasteiger charge is -2.16. The average Bonchev–Trinajstić information content (AvgIpc) is 2.17. The Balaban J connectivity index is 2.77. The predicted octanol–water partition coefficient (Wildman–Crippen LogP) is 2.15. The van der Waals surface area contributed by atoms with Gasteiger partial charge in [-0.05, 0) is 31.2 Å². The van der Waals surface area contributed by atoms with Crippen LogP contribution in [0.2, 0.25) is 0 Å². The molecule has 0 fully saturated rings. The summed E-state index contributed by atoms with van der Waals surface area (Å²) in [6.45, 7) is 3.15. The normalized spacial score (nSPS) is 9.58. The molecule has 0 aliphatic rings. The molecule has 0 heterocycles. The molecular weight excluding hydrogens is 150 g/mol. The second-order valence-electron chi connectivity index (χ2n) is 2.71. The fraction of sp³-hybridized carbons (Fsp3) is 0.400. The number of hydrogen-bond donors (Lipinski definition) is 0. The van der Waals surface area contributed by atoms with E-state index in [4.69, 9.17) is 4.74 Å². The van der Waals surface area contributed by atoms with Crippen molar-refractivity contribution < 1.29 is 4.74 Å². The van der Waals surface area contributed by atoms with Gasteiger partial charge in [0.05, 0.1) is 7.11 Å². The maximum atomic E-state index is 5.06. The fourth-order valence-corrected chi connectivity index (χ4v) is 1.02. The second-order valence-corrected chi connectivity index (χ2v) is 2.71. The maximum Gasteiger partial charge on any atom is 0.119 e. The van der Waals surface area contributed by atoms with Gasteiger partial charge in [-0.15, -0.1) is 0 Å². The molecule has 0 saturated heterocycles. The summed E-state index contributed by atoms with van der Waals surface area (Å²) >= 11 is 0. The highest BCUT2D eigenvalue weighted by Gasteiger charge is 1.96. The minimum atomic E-state index is 0.906. The van der Waals surface area contributed by atoms with Gasteiger partial charge in [0.1, 0.15) is 5.75 Å². The minimum absolute atomic E-state index is 0.906. The van der Waals surface area contributed by atoms with Gasteiger partial charge in [0.2, 0.25) is 0 Å². The van der Waals surface area contributed by atoms with Gasteiger partial charge < -0.3 is 9.64 Å². The molecular formula is C10H15NO. The second kappa shape index (κ2) is 4.00. The maximum absolute atomic E-state index is 5.06. The van der Waals surface area contributed by atoms with Crippen molar-refractivity contribution in [3.63, 3.8) is 0 Å². The van der Waals surface area contributed by atoms with Gasteiger partial charge in [0, 0.05) is 19.3 Å². The summed E-state index contributed by atoms with van der Waals surface area (Å²) in [5, 5.41) is 0. The Bertz CT molecular complexity index is 230. The molecule has 1 aromatic carbocycles. The van der Waals surface area contributed by atoms with E-state index < -0.39 is 0 Å². The van der Waals surface area contributed by atoms with Crippen LogP contribution < -0.4 is 9.64 Å². The largest absolute Gasteiger partial charge is 0.497 e. The number of ether oxygens (including phenoxy) is 1. The highest BCUT2D eigenvalue weighted by atomic mass is 16.5. The van der Waals surface area contributed by atoms with Crippen molar-refractivity contribution in [1.29, 1.82) is 0 Å². The molecule has 0 N–H and O–H groups in total. The molecule has 0 radical (unpaired) electrons. The van der Waals surface area contributed by atoms with E-state index in [2.05, 4.69) is 31.0 Å². The van der Waals surface area contributed by atoms with Crippen LogP contribution in [0.4, 0.5) is 5.69 Å². The first-order valence-corrected chi connectivity index (χ1v) is 4.13. The lowest BCUT2D eigenvalue weighted by molar-refractivity contribution is 0.415. The molecule has 0 saturated carbocycles. The standard InChI is InChI=1S/C10H15NO/c1-4-11(2)9-5-7-10(12-3)8-6-9/h5-8H,4H2,1-3H3. The van der Waals surface area contributed by atoms with Crippen molar-refractivity contribution in [1.82, 2.24) is 0 Å². The van der Waals surface area contributed by atoms with Crippen LogP contribution in [0.15, 0.2) is 24.3 Å². The van der Waals surface area contributed by atoms with Crippen LogP contribution in [0.5, 0.6) is 5.75 Å². The third-order valence-electron chi connectivity index (χ3n) is 1.99. The van der Waals surface area contributed by atoms with Gasteiger partial charge in [-0.2, -0.15) is 0 Å². The SMILES string of the molecule is CCN(C)c1ccc(OC)cc1. The van der Waals surface area contributed by atoms with Crippen molar-refractivity contribution in [2.24, 2.45) is 0 Å². The molecule has 0 bridgehead atoms. The Hall–Kier alpha value is -1.18. The van der Waals surface area contributed by atoms with Crippen LogP contribution in [-0.2, 0) is 0 Å². The first-order valence-electron chi connectivity index (χ1n) is 4.13. The highest BCUT2D eigenvalue weighted by molar-refractivity contribution is 5.48. The number of nitrogens with zero attached hydrogens (tertiary/aromatic N) is 1. The van der Waals surface area contributed by atoms with Gasteiger partial charge >= 0.3 is 0 Å². The lowest BCUT2D eigenvalue weighted by atomic mass is 10.3. The van der Waals surface area contributed by atoms with Gasteiger partial charge in [-0.3, -0.25) is 0 Å². The van der Waals surface area contributed by atoms with E-state index in [1.54, 1.807) is 7.11 Å². The van der Waals surface area contributed by atoms with Gasteiger partial charge in [-0.25, -0.2) is 0 Å². The van der Waals surface area contributed by atoms with Crippen LogP contribution in [0.3, 0.4) is 0 Å². The highest BCUT2D eigenvalue weighted by Crippen LogP contribution is 2.17. The molecule has 66 valence electrons. The van der Waals surface area contributed by atoms with Crippen molar-refractivity contribution in [3.8, 4) is 5.75 Å². The Kier molecular flexibility index (Phi) is 2.97. The Morgan fingerprint density at radius 1 is 1.25 bits per heavy atom.